The fourth-order valence-corrected chi connectivity index (χ4v) is 6.46. The Labute approximate surface area is 282 Å². The predicted molar refractivity (Wildman–Crippen MR) is 179 cm³/mol. The molecule has 5 rings (SSSR count). The van der Waals surface area contributed by atoms with Gasteiger partial charge in [0.25, 0.3) is 0 Å². The summed E-state index contributed by atoms with van der Waals surface area (Å²) in [6.07, 6.45) is 4.34. The van der Waals surface area contributed by atoms with Crippen LogP contribution in [0.2, 0.25) is 0 Å². The normalized spacial score (nSPS) is 19.1. The summed E-state index contributed by atoms with van der Waals surface area (Å²) in [5.41, 5.74) is 2.70. The summed E-state index contributed by atoms with van der Waals surface area (Å²) in [4.78, 5) is 34.7. The molecule has 2 aliphatic rings. The number of rotatable bonds is 17. The molecule has 1 aliphatic heterocycles. The van der Waals surface area contributed by atoms with Gasteiger partial charge in [-0.05, 0) is 72.6 Å². The minimum absolute atomic E-state index is 0.0101. The number of amides is 2. The molecule has 1 aliphatic carbocycles. The highest BCUT2D eigenvalue weighted by molar-refractivity contribution is 5.82. The maximum absolute atomic E-state index is 14.8. The van der Waals surface area contributed by atoms with Gasteiger partial charge in [0, 0.05) is 65.9 Å². The van der Waals surface area contributed by atoms with Crippen molar-refractivity contribution in [2.24, 2.45) is 5.92 Å². The molecule has 2 unspecified atom stereocenters. The van der Waals surface area contributed by atoms with E-state index in [4.69, 9.17) is 23.7 Å². The van der Waals surface area contributed by atoms with E-state index in [9.17, 15) is 14.7 Å². The second-order valence-electron chi connectivity index (χ2n) is 12.4. The van der Waals surface area contributed by atoms with Crippen LogP contribution in [0.25, 0.3) is 0 Å². The van der Waals surface area contributed by atoms with Crippen LogP contribution in [-0.2, 0) is 44.2 Å². The van der Waals surface area contributed by atoms with Crippen molar-refractivity contribution in [3.05, 3.63) is 89.1 Å². The van der Waals surface area contributed by atoms with Crippen LogP contribution in [-0.4, -0.2) is 92.2 Å². The van der Waals surface area contributed by atoms with Gasteiger partial charge in [0.05, 0.1) is 12.5 Å². The zero-order chi connectivity index (χ0) is 33.9. The first kappa shape index (κ1) is 35.1. The molecule has 1 saturated carbocycles. The molecule has 0 radical (unpaired) electrons. The first-order valence-electron chi connectivity index (χ1n) is 16.6. The zero-order valence-electron chi connectivity index (χ0n) is 28.1. The number of carboxylic acid groups (broad SMARTS) is 1. The van der Waals surface area contributed by atoms with Crippen LogP contribution in [0.4, 0.5) is 4.79 Å². The molecule has 0 bridgehead atoms. The molecule has 1 saturated heterocycles. The second-order valence-corrected chi connectivity index (χ2v) is 12.4. The van der Waals surface area contributed by atoms with Crippen molar-refractivity contribution in [2.75, 3.05) is 54.2 Å². The lowest BCUT2D eigenvalue weighted by atomic mass is 9.75. The van der Waals surface area contributed by atoms with Crippen LogP contribution in [0.5, 0.6) is 11.6 Å². The Bertz CT molecular complexity index is 1470. The van der Waals surface area contributed by atoms with Crippen LogP contribution >= 0.6 is 0 Å². The Balaban J connectivity index is 1.44. The largest absolute Gasteiger partial charge is 0.491 e. The molecule has 2 aromatic carbocycles. The summed E-state index contributed by atoms with van der Waals surface area (Å²) in [5, 5.41) is 10.0. The van der Waals surface area contributed by atoms with Gasteiger partial charge in [-0.3, -0.25) is 4.79 Å². The van der Waals surface area contributed by atoms with E-state index in [2.05, 4.69) is 11.1 Å². The van der Waals surface area contributed by atoms with Gasteiger partial charge in [-0.15, -0.1) is 0 Å². The minimum Gasteiger partial charge on any atom is -0.491 e. The van der Waals surface area contributed by atoms with Gasteiger partial charge in [-0.1, -0.05) is 36.4 Å². The number of aryl methyl sites for hydroxylation is 1. The van der Waals surface area contributed by atoms with Crippen molar-refractivity contribution >= 4 is 12.0 Å². The molecule has 258 valence electrons. The Morgan fingerprint density at radius 1 is 0.938 bits per heavy atom. The SMILES string of the molecule is COCCCc1cc(CN(C(=O)C2CN(C(=O)O)CCC2(OC)c2ccnc(OCc3ccccc3)c2)C2CC2)cc(OCCOC)c1. The lowest BCUT2D eigenvalue weighted by Gasteiger charge is -2.47. The summed E-state index contributed by atoms with van der Waals surface area (Å²) in [6.45, 7) is 2.46. The standard InChI is InChI=1S/C37H47N3O8/c1-44-17-7-10-28-20-29(22-32(21-28)47-19-18-45-2)24-40(31-11-12-31)35(41)33-25-39(36(42)43)16-14-37(33,46-3)30-13-15-38-34(23-30)48-26-27-8-5-4-6-9-27/h4-6,8-9,13,15,20-23,31,33H,7,10-12,14,16-19,24-26H2,1-3H3,(H,42,43). The smallest absolute Gasteiger partial charge is 0.407 e. The number of hydrogen-bond donors (Lipinski definition) is 1. The Morgan fingerprint density at radius 3 is 2.42 bits per heavy atom. The molecule has 2 amide bonds. The van der Waals surface area contributed by atoms with Gasteiger partial charge in [-0.25, -0.2) is 9.78 Å². The topological polar surface area (TPSA) is 120 Å². The van der Waals surface area contributed by atoms with Gasteiger partial charge >= 0.3 is 6.09 Å². The van der Waals surface area contributed by atoms with Gasteiger partial charge in [0.2, 0.25) is 11.8 Å². The number of nitrogens with zero attached hydrogens (tertiary/aromatic N) is 3. The number of piperidine rings is 1. The van der Waals surface area contributed by atoms with E-state index < -0.39 is 17.6 Å². The van der Waals surface area contributed by atoms with Crippen LogP contribution in [0.1, 0.15) is 47.9 Å². The highest BCUT2D eigenvalue weighted by Crippen LogP contribution is 2.44. The maximum Gasteiger partial charge on any atom is 0.407 e. The molecule has 48 heavy (non-hydrogen) atoms. The summed E-state index contributed by atoms with van der Waals surface area (Å²) in [5.74, 6) is 0.200. The highest BCUT2D eigenvalue weighted by atomic mass is 16.5. The number of ether oxygens (including phenoxy) is 5. The molecule has 2 heterocycles. The zero-order valence-corrected chi connectivity index (χ0v) is 28.1. The van der Waals surface area contributed by atoms with Gasteiger partial charge in [0.15, 0.2) is 0 Å². The Morgan fingerprint density at radius 2 is 1.71 bits per heavy atom. The van der Waals surface area contributed by atoms with Crippen molar-refractivity contribution in [3.8, 4) is 11.6 Å². The first-order chi connectivity index (χ1) is 23.4. The molecule has 2 atom stereocenters. The fraction of sp³-hybridized carbons (Fsp3) is 0.486. The summed E-state index contributed by atoms with van der Waals surface area (Å²) < 4.78 is 28.8. The second kappa shape index (κ2) is 16.8. The van der Waals surface area contributed by atoms with Crippen LogP contribution in [0.3, 0.4) is 0 Å². The van der Waals surface area contributed by atoms with Crippen molar-refractivity contribution in [3.63, 3.8) is 0 Å². The third-order valence-electron chi connectivity index (χ3n) is 9.12. The van der Waals surface area contributed by atoms with E-state index in [0.717, 1.165) is 53.7 Å². The quantitative estimate of drug-likeness (QED) is 0.192. The van der Waals surface area contributed by atoms with E-state index in [0.29, 0.717) is 45.3 Å². The number of methoxy groups -OCH3 is 3. The lowest BCUT2D eigenvalue weighted by molar-refractivity contribution is -0.159. The third kappa shape index (κ3) is 8.83. The number of hydrogen-bond acceptors (Lipinski definition) is 8. The first-order valence-corrected chi connectivity index (χ1v) is 16.6. The number of likely N-dealkylation sites (tertiary alicyclic amines) is 1. The predicted octanol–water partition coefficient (Wildman–Crippen LogP) is 5.30. The fourth-order valence-electron chi connectivity index (χ4n) is 6.46. The molecule has 11 nitrogen and oxygen atoms in total. The third-order valence-corrected chi connectivity index (χ3v) is 9.12. The average Bonchev–Trinajstić information content (AvgIpc) is 3.95. The number of benzene rings is 2. The minimum atomic E-state index is -1.08. The number of pyridine rings is 1. The van der Waals surface area contributed by atoms with E-state index in [1.165, 1.54) is 4.90 Å². The maximum atomic E-state index is 14.8. The monoisotopic (exact) mass is 661 g/mol. The molecular formula is C37H47N3O8. The van der Waals surface area contributed by atoms with E-state index in [1.807, 2.05) is 59.5 Å². The lowest BCUT2D eigenvalue weighted by Crippen LogP contribution is -2.58. The molecule has 1 N–H and O–H groups in total. The Kier molecular flexibility index (Phi) is 12.3. The summed E-state index contributed by atoms with van der Waals surface area (Å²) in [6, 6.07) is 19.7. The van der Waals surface area contributed by atoms with Crippen molar-refractivity contribution in [1.82, 2.24) is 14.8 Å². The van der Waals surface area contributed by atoms with Crippen molar-refractivity contribution in [1.29, 1.82) is 0 Å². The van der Waals surface area contributed by atoms with E-state index >= 15 is 0 Å². The van der Waals surface area contributed by atoms with Gasteiger partial charge in [-0.2, -0.15) is 0 Å². The molecular weight excluding hydrogens is 614 g/mol. The summed E-state index contributed by atoms with van der Waals surface area (Å²) in [7, 11) is 4.92. The molecule has 3 aromatic rings. The van der Waals surface area contributed by atoms with E-state index in [-0.39, 0.29) is 25.0 Å². The summed E-state index contributed by atoms with van der Waals surface area (Å²) >= 11 is 0. The molecule has 0 spiro atoms. The number of carbonyl (C=O) groups excluding carboxylic acids is 1. The van der Waals surface area contributed by atoms with E-state index in [1.54, 1.807) is 27.5 Å². The van der Waals surface area contributed by atoms with Crippen LogP contribution in [0, 0.1) is 5.92 Å². The molecule has 2 fully saturated rings. The highest BCUT2D eigenvalue weighted by Gasteiger charge is 2.52. The number of carbonyl (C=O) groups is 2. The van der Waals surface area contributed by atoms with Gasteiger partial charge < -0.3 is 38.6 Å². The van der Waals surface area contributed by atoms with Crippen LogP contribution in [0.15, 0.2) is 66.9 Å². The molecule has 1 aromatic heterocycles. The average molecular weight is 662 g/mol. The van der Waals surface area contributed by atoms with Crippen molar-refractivity contribution in [2.45, 2.75) is 56.9 Å². The number of aromatic nitrogens is 1. The molecule has 11 heteroatoms. The van der Waals surface area contributed by atoms with Crippen molar-refractivity contribution < 1.29 is 38.4 Å². The van der Waals surface area contributed by atoms with Gasteiger partial charge in [0.1, 0.15) is 24.6 Å². The van der Waals surface area contributed by atoms with Crippen LogP contribution < -0.4 is 9.47 Å². The Hall–Kier alpha value is -4.19.